The molecule has 2 unspecified atom stereocenters. The van der Waals surface area contributed by atoms with E-state index in [0.717, 1.165) is 0 Å². The standard InChI is InChI=1S/C12H19N7O2/c1-12(2,3)21-11(20)19-5-9(16-17-13)4-10(19)6-18-8-14-7-15-18/h7-10H,4-6H2,1-3H3. The van der Waals surface area contributed by atoms with Crippen molar-refractivity contribution in [1.29, 1.82) is 0 Å². The fraction of sp³-hybridized carbons (Fsp3) is 0.750. The fourth-order valence-corrected chi connectivity index (χ4v) is 2.31. The molecule has 0 spiro atoms. The van der Waals surface area contributed by atoms with E-state index in [1.807, 2.05) is 20.8 Å². The third-order valence-electron chi connectivity index (χ3n) is 3.10. The molecule has 1 saturated heterocycles. The van der Waals surface area contributed by atoms with Gasteiger partial charge in [0, 0.05) is 11.5 Å². The lowest BCUT2D eigenvalue weighted by Crippen LogP contribution is -2.41. The fourth-order valence-electron chi connectivity index (χ4n) is 2.31. The molecule has 21 heavy (non-hydrogen) atoms. The molecule has 114 valence electrons. The molecule has 1 aromatic heterocycles. The van der Waals surface area contributed by atoms with E-state index in [2.05, 4.69) is 20.1 Å². The Labute approximate surface area is 122 Å². The van der Waals surface area contributed by atoms with E-state index in [1.165, 1.54) is 6.33 Å². The highest BCUT2D eigenvalue weighted by Crippen LogP contribution is 2.24. The lowest BCUT2D eigenvalue weighted by atomic mass is 10.2. The van der Waals surface area contributed by atoms with E-state index in [4.69, 9.17) is 10.3 Å². The molecule has 2 heterocycles. The van der Waals surface area contributed by atoms with Gasteiger partial charge in [-0.3, -0.25) is 4.68 Å². The number of ether oxygens (including phenoxy) is 1. The van der Waals surface area contributed by atoms with Gasteiger partial charge in [-0.25, -0.2) is 9.78 Å². The number of carbonyl (C=O) groups excluding carboxylic acids is 1. The predicted molar refractivity (Wildman–Crippen MR) is 74.3 cm³/mol. The van der Waals surface area contributed by atoms with E-state index in [-0.39, 0.29) is 12.1 Å². The average molecular weight is 293 g/mol. The predicted octanol–water partition coefficient (Wildman–Crippen LogP) is 1.97. The number of aromatic nitrogens is 3. The summed E-state index contributed by atoms with van der Waals surface area (Å²) in [6.07, 6.45) is 3.22. The van der Waals surface area contributed by atoms with Gasteiger partial charge in [-0.15, -0.1) is 0 Å². The second-order valence-corrected chi connectivity index (χ2v) is 6.00. The molecule has 9 nitrogen and oxygen atoms in total. The molecule has 2 rings (SSSR count). The summed E-state index contributed by atoms with van der Waals surface area (Å²) < 4.78 is 7.06. The summed E-state index contributed by atoms with van der Waals surface area (Å²) in [7, 11) is 0. The molecule has 0 N–H and O–H groups in total. The van der Waals surface area contributed by atoms with Crippen LogP contribution in [0.1, 0.15) is 27.2 Å². The van der Waals surface area contributed by atoms with Crippen LogP contribution in [0.15, 0.2) is 17.8 Å². The number of likely N-dealkylation sites (tertiary alicyclic amines) is 1. The first-order valence-corrected chi connectivity index (χ1v) is 6.75. The Balaban J connectivity index is 2.10. The van der Waals surface area contributed by atoms with E-state index < -0.39 is 11.7 Å². The monoisotopic (exact) mass is 293 g/mol. The normalized spacial score (nSPS) is 22.0. The highest BCUT2D eigenvalue weighted by Gasteiger charge is 2.37. The molecular formula is C12H19N7O2. The van der Waals surface area contributed by atoms with Crippen molar-refractivity contribution in [2.75, 3.05) is 6.54 Å². The number of nitrogens with zero attached hydrogens (tertiary/aromatic N) is 7. The van der Waals surface area contributed by atoms with Gasteiger partial charge in [-0.2, -0.15) is 5.10 Å². The van der Waals surface area contributed by atoms with E-state index >= 15 is 0 Å². The number of rotatable bonds is 3. The van der Waals surface area contributed by atoms with Gasteiger partial charge in [0.15, 0.2) is 0 Å². The summed E-state index contributed by atoms with van der Waals surface area (Å²) in [5, 5.41) is 7.76. The topological polar surface area (TPSA) is 109 Å². The van der Waals surface area contributed by atoms with Crippen LogP contribution < -0.4 is 0 Å². The summed E-state index contributed by atoms with van der Waals surface area (Å²) in [5.74, 6) is 0. The highest BCUT2D eigenvalue weighted by atomic mass is 16.6. The van der Waals surface area contributed by atoms with Crippen LogP contribution in [0, 0.1) is 0 Å². The van der Waals surface area contributed by atoms with Crippen LogP contribution in [-0.4, -0.2) is 50.0 Å². The smallest absolute Gasteiger partial charge is 0.410 e. The Morgan fingerprint density at radius 1 is 1.57 bits per heavy atom. The molecule has 0 aliphatic carbocycles. The second kappa shape index (κ2) is 6.01. The van der Waals surface area contributed by atoms with Crippen LogP contribution in [0.5, 0.6) is 0 Å². The zero-order chi connectivity index (χ0) is 15.5. The average Bonchev–Trinajstić information content (AvgIpc) is 2.98. The van der Waals surface area contributed by atoms with Crippen LogP contribution in [0.2, 0.25) is 0 Å². The minimum absolute atomic E-state index is 0.128. The lowest BCUT2D eigenvalue weighted by molar-refractivity contribution is 0.0210. The number of carbonyl (C=O) groups is 1. The van der Waals surface area contributed by atoms with Crippen LogP contribution in [0.4, 0.5) is 4.79 Å². The largest absolute Gasteiger partial charge is 0.444 e. The maximum Gasteiger partial charge on any atom is 0.410 e. The highest BCUT2D eigenvalue weighted by molar-refractivity contribution is 5.69. The van der Waals surface area contributed by atoms with Crippen molar-refractivity contribution in [2.45, 2.75) is 51.4 Å². The van der Waals surface area contributed by atoms with Crippen molar-refractivity contribution in [1.82, 2.24) is 19.7 Å². The molecule has 0 aromatic carbocycles. The van der Waals surface area contributed by atoms with Crippen LogP contribution >= 0.6 is 0 Å². The van der Waals surface area contributed by atoms with Crippen LogP contribution in [0.25, 0.3) is 10.4 Å². The molecule has 2 atom stereocenters. The summed E-state index contributed by atoms with van der Waals surface area (Å²) >= 11 is 0. The van der Waals surface area contributed by atoms with Crippen molar-refractivity contribution < 1.29 is 9.53 Å². The SMILES string of the molecule is CC(C)(C)OC(=O)N1CC(N=[N+]=[N-])CC1Cn1cncn1. The Hall–Kier alpha value is -2.28. The molecule has 1 amide bonds. The van der Waals surface area contributed by atoms with E-state index in [9.17, 15) is 4.79 Å². The number of hydrogen-bond acceptors (Lipinski definition) is 5. The summed E-state index contributed by atoms with van der Waals surface area (Å²) in [4.78, 5) is 20.6. The first kappa shape index (κ1) is 15.1. The van der Waals surface area contributed by atoms with Gasteiger partial charge in [-0.05, 0) is 32.7 Å². The minimum Gasteiger partial charge on any atom is -0.444 e. The van der Waals surface area contributed by atoms with Crippen molar-refractivity contribution in [2.24, 2.45) is 5.11 Å². The summed E-state index contributed by atoms with van der Waals surface area (Å²) in [6.45, 7) is 6.31. The van der Waals surface area contributed by atoms with Crippen LogP contribution in [0.3, 0.4) is 0 Å². The van der Waals surface area contributed by atoms with Crippen molar-refractivity contribution >= 4 is 6.09 Å². The number of hydrogen-bond donors (Lipinski definition) is 0. The second-order valence-electron chi connectivity index (χ2n) is 6.00. The molecule has 0 radical (unpaired) electrons. The molecule has 1 aliphatic heterocycles. The molecule has 0 saturated carbocycles. The molecule has 1 fully saturated rings. The Bertz CT molecular complexity index is 530. The van der Waals surface area contributed by atoms with Crippen molar-refractivity contribution in [3.8, 4) is 0 Å². The maximum atomic E-state index is 12.3. The van der Waals surface area contributed by atoms with Crippen LogP contribution in [-0.2, 0) is 11.3 Å². The molecule has 0 bridgehead atoms. The van der Waals surface area contributed by atoms with Gasteiger partial charge in [0.2, 0.25) is 0 Å². The number of amides is 1. The van der Waals surface area contributed by atoms with E-state index in [1.54, 1.807) is 15.9 Å². The van der Waals surface area contributed by atoms with Gasteiger partial charge in [0.05, 0.1) is 18.6 Å². The first-order chi connectivity index (χ1) is 9.89. The molecular weight excluding hydrogens is 274 g/mol. The Morgan fingerprint density at radius 3 is 2.90 bits per heavy atom. The van der Waals surface area contributed by atoms with Gasteiger partial charge < -0.3 is 9.64 Å². The van der Waals surface area contributed by atoms with Gasteiger partial charge in [-0.1, -0.05) is 5.11 Å². The molecule has 9 heteroatoms. The molecule has 1 aliphatic rings. The lowest BCUT2D eigenvalue weighted by Gasteiger charge is -2.28. The maximum absolute atomic E-state index is 12.3. The summed E-state index contributed by atoms with van der Waals surface area (Å²) in [6, 6.07) is -0.368. The third-order valence-corrected chi connectivity index (χ3v) is 3.10. The number of azide groups is 1. The Kier molecular flexibility index (Phi) is 4.32. The minimum atomic E-state index is -0.564. The molecule has 1 aromatic rings. The van der Waals surface area contributed by atoms with Gasteiger partial charge in [0.25, 0.3) is 0 Å². The first-order valence-electron chi connectivity index (χ1n) is 6.75. The van der Waals surface area contributed by atoms with Gasteiger partial charge >= 0.3 is 6.09 Å². The zero-order valence-electron chi connectivity index (χ0n) is 12.4. The van der Waals surface area contributed by atoms with Crippen molar-refractivity contribution in [3.05, 3.63) is 23.1 Å². The quantitative estimate of drug-likeness (QED) is 0.482. The third kappa shape index (κ3) is 4.09. The van der Waals surface area contributed by atoms with E-state index in [0.29, 0.717) is 19.5 Å². The summed E-state index contributed by atoms with van der Waals surface area (Å²) in [5.41, 5.74) is 8.01. The zero-order valence-corrected chi connectivity index (χ0v) is 12.4. The van der Waals surface area contributed by atoms with Gasteiger partial charge in [0.1, 0.15) is 18.3 Å². The van der Waals surface area contributed by atoms with Crippen molar-refractivity contribution in [3.63, 3.8) is 0 Å². The Morgan fingerprint density at radius 2 is 2.33 bits per heavy atom.